The van der Waals surface area contributed by atoms with E-state index in [0.717, 1.165) is 0 Å². The fourth-order valence-corrected chi connectivity index (χ4v) is 1.38. The fraction of sp³-hybridized carbons (Fsp3) is 0.500. The SMILES string of the molecule is CCc1ncnc(N(C)CCC(N)=S)c1F. The van der Waals surface area contributed by atoms with Gasteiger partial charge in [-0.05, 0) is 6.42 Å². The molecule has 0 aliphatic rings. The van der Waals surface area contributed by atoms with Gasteiger partial charge in [0.25, 0.3) is 0 Å². The molecular formula is C10H15FN4S. The molecule has 4 nitrogen and oxygen atoms in total. The van der Waals surface area contributed by atoms with Gasteiger partial charge in [0.05, 0.1) is 10.7 Å². The van der Waals surface area contributed by atoms with Crippen LogP contribution in [0.25, 0.3) is 0 Å². The standard InChI is InChI=1S/C10H15FN4S/c1-3-7-9(11)10(14-6-13-7)15(2)5-4-8(12)16/h6H,3-5H2,1-2H3,(H2,12,16). The molecule has 1 rings (SSSR count). The first kappa shape index (κ1) is 12.8. The Morgan fingerprint density at radius 1 is 1.56 bits per heavy atom. The minimum absolute atomic E-state index is 0.295. The number of anilines is 1. The van der Waals surface area contributed by atoms with E-state index in [-0.39, 0.29) is 5.82 Å². The van der Waals surface area contributed by atoms with Crippen molar-refractivity contribution in [3.8, 4) is 0 Å². The van der Waals surface area contributed by atoms with Crippen LogP contribution in [0, 0.1) is 5.82 Å². The second kappa shape index (κ2) is 5.69. The monoisotopic (exact) mass is 242 g/mol. The molecule has 1 heterocycles. The van der Waals surface area contributed by atoms with Gasteiger partial charge in [-0.1, -0.05) is 19.1 Å². The van der Waals surface area contributed by atoms with Crippen LogP contribution in [0.3, 0.4) is 0 Å². The molecule has 0 unspecified atom stereocenters. The smallest absolute Gasteiger partial charge is 0.187 e. The van der Waals surface area contributed by atoms with E-state index in [0.29, 0.717) is 35.9 Å². The third-order valence-electron chi connectivity index (χ3n) is 2.23. The summed E-state index contributed by atoms with van der Waals surface area (Å²) in [6, 6.07) is 0. The maximum atomic E-state index is 13.8. The molecule has 0 spiro atoms. The van der Waals surface area contributed by atoms with E-state index in [1.165, 1.54) is 6.33 Å². The van der Waals surface area contributed by atoms with Crippen LogP contribution in [-0.2, 0) is 6.42 Å². The van der Waals surface area contributed by atoms with Gasteiger partial charge >= 0.3 is 0 Å². The minimum Gasteiger partial charge on any atom is -0.393 e. The number of thiocarbonyl (C=S) groups is 1. The average Bonchev–Trinajstić information content (AvgIpc) is 2.26. The Balaban J connectivity index is 2.82. The highest BCUT2D eigenvalue weighted by molar-refractivity contribution is 7.80. The largest absolute Gasteiger partial charge is 0.393 e. The fourth-order valence-electron chi connectivity index (χ4n) is 1.29. The first-order chi connectivity index (χ1) is 7.56. The Bertz CT molecular complexity index is 383. The van der Waals surface area contributed by atoms with E-state index in [4.69, 9.17) is 18.0 Å². The highest BCUT2D eigenvalue weighted by Crippen LogP contribution is 2.16. The minimum atomic E-state index is -0.365. The summed E-state index contributed by atoms with van der Waals surface area (Å²) < 4.78 is 13.8. The number of halogens is 1. The van der Waals surface area contributed by atoms with Crippen LogP contribution in [0.2, 0.25) is 0 Å². The molecular weight excluding hydrogens is 227 g/mol. The summed E-state index contributed by atoms with van der Waals surface area (Å²) in [6.07, 6.45) is 2.45. The second-order valence-electron chi connectivity index (χ2n) is 3.45. The molecule has 0 aliphatic heterocycles. The molecule has 0 aliphatic carbocycles. The lowest BCUT2D eigenvalue weighted by Crippen LogP contribution is -2.25. The summed E-state index contributed by atoms with van der Waals surface area (Å²) in [7, 11) is 1.75. The van der Waals surface area contributed by atoms with E-state index in [2.05, 4.69) is 9.97 Å². The second-order valence-corrected chi connectivity index (χ2v) is 3.97. The van der Waals surface area contributed by atoms with Crippen molar-refractivity contribution in [3.05, 3.63) is 17.8 Å². The molecule has 0 bridgehead atoms. The zero-order valence-electron chi connectivity index (χ0n) is 9.40. The van der Waals surface area contributed by atoms with Gasteiger partial charge in [0.2, 0.25) is 0 Å². The average molecular weight is 242 g/mol. The highest BCUT2D eigenvalue weighted by Gasteiger charge is 2.13. The zero-order chi connectivity index (χ0) is 12.1. The van der Waals surface area contributed by atoms with Crippen molar-refractivity contribution >= 4 is 23.0 Å². The van der Waals surface area contributed by atoms with Crippen LogP contribution in [0.1, 0.15) is 19.0 Å². The number of nitrogens with two attached hydrogens (primary N) is 1. The van der Waals surface area contributed by atoms with Crippen molar-refractivity contribution < 1.29 is 4.39 Å². The first-order valence-corrected chi connectivity index (χ1v) is 5.45. The van der Waals surface area contributed by atoms with E-state index in [1.54, 1.807) is 11.9 Å². The van der Waals surface area contributed by atoms with Gasteiger partial charge < -0.3 is 10.6 Å². The van der Waals surface area contributed by atoms with Crippen molar-refractivity contribution in [2.45, 2.75) is 19.8 Å². The lowest BCUT2D eigenvalue weighted by molar-refractivity contribution is 0.588. The molecule has 2 N–H and O–H groups in total. The van der Waals surface area contributed by atoms with Gasteiger partial charge in [0.15, 0.2) is 11.6 Å². The molecule has 1 aromatic rings. The molecule has 0 atom stereocenters. The van der Waals surface area contributed by atoms with Gasteiger partial charge in [-0.2, -0.15) is 0 Å². The molecule has 1 aromatic heterocycles. The molecule has 16 heavy (non-hydrogen) atoms. The Labute approximate surface area is 99.7 Å². The van der Waals surface area contributed by atoms with E-state index in [1.807, 2.05) is 6.92 Å². The third-order valence-corrected chi connectivity index (χ3v) is 2.44. The Morgan fingerprint density at radius 3 is 2.81 bits per heavy atom. The predicted molar refractivity (Wildman–Crippen MR) is 66.0 cm³/mol. The van der Waals surface area contributed by atoms with Crippen LogP contribution < -0.4 is 10.6 Å². The van der Waals surface area contributed by atoms with Crippen molar-refractivity contribution in [1.29, 1.82) is 0 Å². The highest BCUT2D eigenvalue weighted by atomic mass is 32.1. The number of aryl methyl sites for hydroxylation is 1. The molecule has 6 heteroatoms. The summed E-state index contributed by atoms with van der Waals surface area (Å²) in [6.45, 7) is 2.40. The summed E-state index contributed by atoms with van der Waals surface area (Å²) in [5.41, 5.74) is 5.81. The van der Waals surface area contributed by atoms with Gasteiger partial charge in [-0.25, -0.2) is 14.4 Å². The van der Waals surface area contributed by atoms with Crippen molar-refractivity contribution in [1.82, 2.24) is 9.97 Å². The predicted octanol–water partition coefficient (Wildman–Crippen LogP) is 1.29. The summed E-state index contributed by atoms with van der Waals surface area (Å²) in [5.74, 6) is -0.0708. The zero-order valence-corrected chi connectivity index (χ0v) is 10.2. The topological polar surface area (TPSA) is 55.0 Å². The van der Waals surface area contributed by atoms with Crippen molar-refractivity contribution in [2.75, 3.05) is 18.5 Å². The van der Waals surface area contributed by atoms with E-state index < -0.39 is 0 Å². The molecule has 0 saturated heterocycles. The summed E-state index contributed by atoms with van der Waals surface area (Å²) in [5, 5.41) is 0. The maximum Gasteiger partial charge on any atom is 0.187 e. The van der Waals surface area contributed by atoms with Gasteiger partial charge in [-0.15, -0.1) is 0 Å². The van der Waals surface area contributed by atoms with Crippen LogP contribution in [-0.4, -0.2) is 28.5 Å². The number of rotatable bonds is 5. The number of nitrogens with zero attached hydrogens (tertiary/aromatic N) is 3. The third kappa shape index (κ3) is 3.10. The number of hydrogen-bond donors (Lipinski definition) is 1. The molecule has 0 aromatic carbocycles. The van der Waals surface area contributed by atoms with Gasteiger partial charge in [-0.3, -0.25) is 0 Å². The van der Waals surface area contributed by atoms with E-state index >= 15 is 0 Å². The quantitative estimate of drug-likeness (QED) is 0.789. The lowest BCUT2D eigenvalue weighted by atomic mass is 10.3. The number of aromatic nitrogens is 2. The van der Waals surface area contributed by atoms with E-state index in [9.17, 15) is 4.39 Å². The van der Waals surface area contributed by atoms with Gasteiger partial charge in [0.1, 0.15) is 6.33 Å². The van der Waals surface area contributed by atoms with Crippen LogP contribution in [0.4, 0.5) is 10.2 Å². The molecule has 0 fully saturated rings. The normalized spacial score (nSPS) is 10.2. The summed E-state index contributed by atoms with van der Waals surface area (Å²) >= 11 is 4.77. The summed E-state index contributed by atoms with van der Waals surface area (Å²) in [4.78, 5) is 9.90. The van der Waals surface area contributed by atoms with Crippen molar-refractivity contribution in [2.24, 2.45) is 5.73 Å². The Hall–Kier alpha value is -1.30. The molecule has 88 valence electrons. The van der Waals surface area contributed by atoms with Crippen LogP contribution in [0.5, 0.6) is 0 Å². The Kier molecular flexibility index (Phi) is 4.54. The lowest BCUT2D eigenvalue weighted by Gasteiger charge is -2.18. The first-order valence-electron chi connectivity index (χ1n) is 5.05. The molecule has 0 saturated carbocycles. The van der Waals surface area contributed by atoms with Crippen LogP contribution >= 0.6 is 12.2 Å². The van der Waals surface area contributed by atoms with Gasteiger partial charge in [0, 0.05) is 20.0 Å². The maximum absolute atomic E-state index is 13.8. The van der Waals surface area contributed by atoms with Crippen LogP contribution in [0.15, 0.2) is 6.33 Å². The molecule has 0 amide bonds. The van der Waals surface area contributed by atoms with Crippen molar-refractivity contribution in [3.63, 3.8) is 0 Å². The molecule has 0 radical (unpaired) electrons. The Morgan fingerprint density at radius 2 is 2.25 bits per heavy atom. The number of hydrogen-bond acceptors (Lipinski definition) is 4.